The van der Waals surface area contributed by atoms with Gasteiger partial charge in [0, 0.05) is 23.2 Å². The number of hydrogen-bond acceptors (Lipinski definition) is 2. The summed E-state index contributed by atoms with van der Waals surface area (Å²) in [5.74, 6) is -0.217. The third kappa shape index (κ3) is 3.88. The van der Waals surface area contributed by atoms with Gasteiger partial charge in [0.25, 0.3) is 0 Å². The van der Waals surface area contributed by atoms with E-state index >= 15 is 0 Å². The highest BCUT2D eigenvalue weighted by Crippen LogP contribution is 2.31. The van der Waals surface area contributed by atoms with E-state index in [1.54, 1.807) is 19.1 Å². The Kier molecular flexibility index (Phi) is 5.09. The van der Waals surface area contributed by atoms with Crippen molar-refractivity contribution in [3.8, 4) is 5.75 Å². The second kappa shape index (κ2) is 6.65. The molecule has 5 heteroatoms. The van der Waals surface area contributed by atoms with Crippen LogP contribution in [0.2, 0.25) is 10.0 Å². The highest BCUT2D eigenvalue weighted by molar-refractivity contribution is 6.35. The molecule has 0 bridgehead atoms. The standard InChI is InChI=1S/C16H16Cl2FNO/c1-9-3-4-11(6-15(9)19)10(2)20-8-12-5-13(17)7-14(18)16(12)21/h3-7,10,20-21H,8H2,1-2H3. The van der Waals surface area contributed by atoms with Gasteiger partial charge in [0.05, 0.1) is 5.02 Å². The fourth-order valence-corrected chi connectivity index (χ4v) is 2.55. The maximum absolute atomic E-state index is 13.6. The topological polar surface area (TPSA) is 32.3 Å². The lowest BCUT2D eigenvalue weighted by Gasteiger charge is -2.16. The molecule has 0 fully saturated rings. The molecule has 0 aliphatic carbocycles. The molecule has 0 heterocycles. The molecule has 2 nitrogen and oxygen atoms in total. The van der Waals surface area contributed by atoms with Crippen molar-refractivity contribution in [2.24, 2.45) is 0 Å². The van der Waals surface area contributed by atoms with Crippen molar-refractivity contribution in [3.05, 3.63) is 62.9 Å². The predicted octanol–water partition coefficient (Wildman–Crippen LogP) is 5.00. The monoisotopic (exact) mass is 327 g/mol. The van der Waals surface area contributed by atoms with Crippen LogP contribution in [0.5, 0.6) is 5.75 Å². The highest BCUT2D eigenvalue weighted by Gasteiger charge is 2.11. The lowest BCUT2D eigenvalue weighted by Crippen LogP contribution is -2.18. The Morgan fingerprint density at radius 3 is 2.62 bits per heavy atom. The first kappa shape index (κ1) is 16.1. The molecule has 112 valence electrons. The molecule has 0 saturated carbocycles. The van der Waals surface area contributed by atoms with E-state index in [2.05, 4.69) is 5.32 Å². The minimum absolute atomic E-state index is 0.0100. The van der Waals surface area contributed by atoms with Crippen molar-refractivity contribution in [1.29, 1.82) is 0 Å². The molecule has 1 atom stereocenters. The largest absolute Gasteiger partial charge is 0.506 e. The zero-order chi connectivity index (χ0) is 15.6. The molecule has 2 rings (SSSR count). The number of benzene rings is 2. The van der Waals surface area contributed by atoms with Gasteiger partial charge in [-0.1, -0.05) is 35.3 Å². The van der Waals surface area contributed by atoms with Gasteiger partial charge in [-0.25, -0.2) is 4.39 Å². The van der Waals surface area contributed by atoms with E-state index in [1.807, 2.05) is 13.0 Å². The number of phenols is 1. The van der Waals surface area contributed by atoms with E-state index in [4.69, 9.17) is 23.2 Å². The summed E-state index contributed by atoms with van der Waals surface area (Å²) >= 11 is 11.8. The molecule has 0 spiro atoms. The summed E-state index contributed by atoms with van der Waals surface area (Å²) in [5, 5.41) is 13.8. The second-order valence-corrected chi connectivity index (χ2v) is 5.85. The normalized spacial score (nSPS) is 12.4. The maximum Gasteiger partial charge on any atom is 0.138 e. The molecule has 0 aliphatic rings. The van der Waals surface area contributed by atoms with E-state index in [-0.39, 0.29) is 22.6 Å². The van der Waals surface area contributed by atoms with Crippen molar-refractivity contribution in [2.75, 3.05) is 0 Å². The van der Waals surface area contributed by atoms with Crippen LogP contribution >= 0.6 is 23.2 Å². The SMILES string of the molecule is Cc1ccc(C(C)NCc2cc(Cl)cc(Cl)c2O)cc1F. The number of phenolic OH excluding ortho intramolecular Hbond substituents is 1. The van der Waals surface area contributed by atoms with Crippen LogP contribution in [0.4, 0.5) is 4.39 Å². The Morgan fingerprint density at radius 2 is 1.95 bits per heavy atom. The number of aryl methyl sites for hydroxylation is 1. The van der Waals surface area contributed by atoms with Gasteiger partial charge in [-0.3, -0.25) is 0 Å². The summed E-state index contributed by atoms with van der Waals surface area (Å²) in [6.45, 7) is 4.03. The molecule has 0 radical (unpaired) electrons. The van der Waals surface area contributed by atoms with Crippen LogP contribution in [0.3, 0.4) is 0 Å². The third-order valence-corrected chi connectivity index (χ3v) is 3.91. The molecule has 2 N–H and O–H groups in total. The third-order valence-electron chi connectivity index (χ3n) is 3.40. The minimum atomic E-state index is -0.227. The average molecular weight is 328 g/mol. The molecule has 1 unspecified atom stereocenters. The second-order valence-electron chi connectivity index (χ2n) is 5.01. The molecule has 0 amide bonds. The van der Waals surface area contributed by atoms with Crippen LogP contribution in [-0.2, 0) is 6.54 Å². The summed E-state index contributed by atoms with van der Waals surface area (Å²) in [7, 11) is 0. The van der Waals surface area contributed by atoms with Crippen molar-refractivity contribution >= 4 is 23.2 Å². The Hall–Kier alpha value is -1.29. The van der Waals surface area contributed by atoms with Gasteiger partial charge in [0.2, 0.25) is 0 Å². The first-order chi connectivity index (χ1) is 9.88. The lowest BCUT2D eigenvalue weighted by atomic mass is 10.1. The summed E-state index contributed by atoms with van der Waals surface area (Å²) in [6.07, 6.45) is 0. The Bertz CT molecular complexity index is 661. The molecule has 0 aliphatic heterocycles. The number of halogens is 3. The average Bonchev–Trinajstić information content (AvgIpc) is 2.43. The molecule has 2 aromatic rings. The summed E-state index contributed by atoms with van der Waals surface area (Å²) < 4.78 is 13.6. The first-order valence-electron chi connectivity index (χ1n) is 6.55. The van der Waals surface area contributed by atoms with Crippen LogP contribution in [0.15, 0.2) is 30.3 Å². The van der Waals surface area contributed by atoms with E-state index in [9.17, 15) is 9.50 Å². The fraction of sp³-hybridized carbons (Fsp3) is 0.250. The zero-order valence-electron chi connectivity index (χ0n) is 11.8. The summed E-state index contributed by atoms with van der Waals surface area (Å²) in [6, 6.07) is 8.20. The molecule has 0 aromatic heterocycles. The Morgan fingerprint density at radius 1 is 1.24 bits per heavy atom. The van der Waals surface area contributed by atoms with Gasteiger partial charge in [-0.15, -0.1) is 0 Å². The first-order valence-corrected chi connectivity index (χ1v) is 7.30. The fourth-order valence-electron chi connectivity index (χ4n) is 2.01. The quantitative estimate of drug-likeness (QED) is 0.828. The van der Waals surface area contributed by atoms with Gasteiger partial charge in [-0.05, 0) is 43.2 Å². The van der Waals surface area contributed by atoms with Crippen LogP contribution < -0.4 is 5.32 Å². The molecule has 0 saturated heterocycles. The van der Waals surface area contributed by atoms with E-state index in [0.29, 0.717) is 22.7 Å². The molecule has 21 heavy (non-hydrogen) atoms. The van der Waals surface area contributed by atoms with Crippen LogP contribution in [0, 0.1) is 12.7 Å². The van der Waals surface area contributed by atoms with Crippen LogP contribution in [0.1, 0.15) is 29.7 Å². The number of rotatable bonds is 4. The summed E-state index contributed by atoms with van der Waals surface area (Å²) in [5.41, 5.74) is 2.06. The number of aromatic hydroxyl groups is 1. The Labute approximate surface area is 133 Å². The van der Waals surface area contributed by atoms with E-state index < -0.39 is 0 Å². The molecular weight excluding hydrogens is 312 g/mol. The van der Waals surface area contributed by atoms with Gasteiger partial charge in [0.15, 0.2) is 0 Å². The van der Waals surface area contributed by atoms with Crippen molar-refractivity contribution in [2.45, 2.75) is 26.4 Å². The van der Waals surface area contributed by atoms with E-state index in [0.717, 1.165) is 5.56 Å². The van der Waals surface area contributed by atoms with Crippen LogP contribution in [0.25, 0.3) is 0 Å². The van der Waals surface area contributed by atoms with Gasteiger partial charge >= 0.3 is 0 Å². The van der Waals surface area contributed by atoms with Crippen molar-refractivity contribution in [3.63, 3.8) is 0 Å². The van der Waals surface area contributed by atoms with Gasteiger partial charge < -0.3 is 10.4 Å². The van der Waals surface area contributed by atoms with E-state index in [1.165, 1.54) is 12.1 Å². The van der Waals surface area contributed by atoms with Gasteiger partial charge in [0.1, 0.15) is 11.6 Å². The zero-order valence-corrected chi connectivity index (χ0v) is 13.3. The molecular formula is C16H16Cl2FNO. The summed E-state index contributed by atoms with van der Waals surface area (Å²) in [4.78, 5) is 0. The van der Waals surface area contributed by atoms with Crippen LogP contribution in [-0.4, -0.2) is 5.11 Å². The van der Waals surface area contributed by atoms with Gasteiger partial charge in [-0.2, -0.15) is 0 Å². The van der Waals surface area contributed by atoms with Crippen molar-refractivity contribution in [1.82, 2.24) is 5.32 Å². The van der Waals surface area contributed by atoms with Crippen molar-refractivity contribution < 1.29 is 9.50 Å². The highest BCUT2D eigenvalue weighted by atomic mass is 35.5. The smallest absolute Gasteiger partial charge is 0.138 e. The Balaban J connectivity index is 2.10. The predicted molar refractivity (Wildman–Crippen MR) is 84.5 cm³/mol. The number of hydrogen-bond donors (Lipinski definition) is 2. The minimum Gasteiger partial charge on any atom is -0.506 e. The number of nitrogens with one attached hydrogen (secondary N) is 1. The maximum atomic E-state index is 13.6. The molecule has 2 aromatic carbocycles. The lowest BCUT2D eigenvalue weighted by molar-refractivity contribution is 0.460.